The van der Waals surface area contributed by atoms with Crippen molar-refractivity contribution >= 4 is 0 Å². The Balaban J connectivity index is 1.89. The van der Waals surface area contributed by atoms with E-state index in [-0.39, 0.29) is 0 Å². The second kappa shape index (κ2) is 7.33. The normalized spacial score (nSPS) is 10.6. The highest BCUT2D eigenvalue weighted by Crippen LogP contribution is 2.35. The largest absolute Gasteiger partial charge is 0.497 e. The molecule has 0 fully saturated rings. The average molecular weight is 357 g/mol. The van der Waals surface area contributed by atoms with Crippen LogP contribution in [0.4, 0.5) is 0 Å². The van der Waals surface area contributed by atoms with Crippen molar-refractivity contribution in [1.29, 1.82) is 0 Å². The van der Waals surface area contributed by atoms with Crippen molar-refractivity contribution in [2.24, 2.45) is 0 Å². The number of aromatic nitrogens is 3. The van der Waals surface area contributed by atoms with Gasteiger partial charge in [0.25, 0.3) is 0 Å². The van der Waals surface area contributed by atoms with E-state index in [1.165, 1.54) is 0 Å². The van der Waals surface area contributed by atoms with Crippen LogP contribution in [0.1, 0.15) is 0 Å². The van der Waals surface area contributed by atoms with Crippen LogP contribution in [0.25, 0.3) is 28.1 Å². The van der Waals surface area contributed by atoms with E-state index in [1.54, 1.807) is 26.7 Å². The lowest BCUT2D eigenvalue weighted by Crippen LogP contribution is -2.00. The van der Waals surface area contributed by atoms with E-state index in [0.717, 1.165) is 39.6 Å². The standard InChI is InChI=1S/C22H19N3O2/c1-26-17-7-5-6-16(12-17)20-13-24-15-25(20)21-14-23-11-10-18(21)19-8-3-4-9-22(19)27-2/h3-15H,1-2H3. The summed E-state index contributed by atoms with van der Waals surface area (Å²) < 4.78 is 12.9. The van der Waals surface area contributed by atoms with E-state index in [2.05, 4.69) is 9.97 Å². The quantitative estimate of drug-likeness (QED) is 0.523. The number of para-hydroxylation sites is 1. The lowest BCUT2D eigenvalue weighted by atomic mass is 10.0. The molecule has 4 rings (SSSR count). The summed E-state index contributed by atoms with van der Waals surface area (Å²) in [5.74, 6) is 1.62. The predicted molar refractivity (Wildman–Crippen MR) is 105 cm³/mol. The van der Waals surface area contributed by atoms with E-state index in [4.69, 9.17) is 9.47 Å². The molecule has 0 saturated carbocycles. The van der Waals surface area contributed by atoms with Crippen LogP contribution in [0.5, 0.6) is 11.5 Å². The molecule has 0 amide bonds. The summed E-state index contributed by atoms with van der Waals surface area (Å²) in [6.07, 6.45) is 7.26. The van der Waals surface area contributed by atoms with Crippen LogP contribution in [0.2, 0.25) is 0 Å². The summed E-state index contributed by atoms with van der Waals surface area (Å²) >= 11 is 0. The van der Waals surface area contributed by atoms with Gasteiger partial charge < -0.3 is 9.47 Å². The van der Waals surface area contributed by atoms with Crippen molar-refractivity contribution in [2.75, 3.05) is 14.2 Å². The molecule has 0 bridgehead atoms. The Morgan fingerprint density at radius 1 is 0.815 bits per heavy atom. The van der Waals surface area contributed by atoms with Crippen LogP contribution in [-0.2, 0) is 0 Å². The van der Waals surface area contributed by atoms with Crippen LogP contribution < -0.4 is 9.47 Å². The first-order valence-electron chi connectivity index (χ1n) is 8.56. The summed E-state index contributed by atoms with van der Waals surface area (Å²) in [6.45, 7) is 0. The molecular weight excluding hydrogens is 338 g/mol. The van der Waals surface area contributed by atoms with Gasteiger partial charge in [0, 0.05) is 22.9 Å². The molecule has 27 heavy (non-hydrogen) atoms. The maximum Gasteiger partial charge on any atom is 0.126 e. The highest BCUT2D eigenvalue weighted by molar-refractivity contribution is 5.78. The number of benzene rings is 2. The fourth-order valence-corrected chi connectivity index (χ4v) is 3.16. The minimum atomic E-state index is 0.802. The van der Waals surface area contributed by atoms with E-state index in [9.17, 15) is 0 Å². The number of rotatable bonds is 5. The minimum Gasteiger partial charge on any atom is -0.497 e. The molecule has 0 aliphatic heterocycles. The second-order valence-electron chi connectivity index (χ2n) is 5.97. The Bertz CT molecular complexity index is 1070. The molecule has 2 heterocycles. The van der Waals surface area contributed by atoms with Crippen LogP contribution in [0, 0.1) is 0 Å². The second-order valence-corrected chi connectivity index (χ2v) is 5.97. The van der Waals surface area contributed by atoms with Gasteiger partial charge in [-0.15, -0.1) is 0 Å². The molecular formula is C22H19N3O2. The Hall–Kier alpha value is -3.60. The summed E-state index contributed by atoms with van der Waals surface area (Å²) in [5, 5.41) is 0. The molecule has 0 aliphatic carbocycles. The fourth-order valence-electron chi connectivity index (χ4n) is 3.16. The van der Waals surface area contributed by atoms with Crippen LogP contribution in [0.15, 0.2) is 79.5 Å². The number of pyridine rings is 1. The van der Waals surface area contributed by atoms with Crippen molar-refractivity contribution in [3.8, 4) is 39.6 Å². The summed E-state index contributed by atoms with van der Waals surface area (Å²) in [7, 11) is 3.34. The lowest BCUT2D eigenvalue weighted by Gasteiger charge is -2.15. The summed E-state index contributed by atoms with van der Waals surface area (Å²) in [4.78, 5) is 8.71. The number of nitrogens with zero attached hydrogens (tertiary/aromatic N) is 3. The maximum absolute atomic E-state index is 5.56. The minimum absolute atomic E-state index is 0.802. The van der Waals surface area contributed by atoms with E-state index in [1.807, 2.05) is 71.6 Å². The molecule has 0 spiro atoms. The number of imidazole rings is 1. The SMILES string of the molecule is COc1cccc(-c2cncn2-c2cnccc2-c2ccccc2OC)c1. The smallest absolute Gasteiger partial charge is 0.126 e. The first-order chi connectivity index (χ1) is 13.3. The average Bonchev–Trinajstić information content (AvgIpc) is 3.23. The van der Waals surface area contributed by atoms with Gasteiger partial charge in [0.05, 0.1) is 44.3 Å². The third-order valence-corrected chi connectivity index (χ3v) is 4.46. The fraction of sp³-hybridized carbons (Fsp3) is 0.0909. The Morgan fingerprint density at radius 2 is 1.70 bits per heavy atom. The van der Waals surface area contributed by atoms with Crippen LogP contribution in [0.3, 0.4) is 0 Å². The zero-order valence-corrected chi connectivity index (χ0v) is 15.2. The number of hydrogen-bond donors (Lipinski definition) is 0. The van der Waals surface area contributed by atoms with Gasteiger partial charge in [-0.2, -0.15) is 0 Å². The first kappa shape index (κ1) is 16.8. The zero-order chi connectivity index (χ0) is 18.6. The third-order valence-electron chi connectivity index (χ3n) is 4.46. The molecule has 4 aromatic rings. The lowest BCUT2D eigenvalue weighted by molar-refractivity contribution is 0.415. The molecule has 2 aromatic carbocycles. The van der Waals surface area contributed by atoms with Gasteiger partial charge in [0.1, 0.15) is 11.5 Å². The summed E-state index contributed by atoms with van der Waals surface area (Å²) in [5.41, 5.74) is 4.92. The highest BCUT2D eigenvalue weighted by Gasteiger charge is 2.15. The first-order valence-corrected chi connectivity index (χ1v) is 8.56. The molecule has 0 unspecified atom stereocenters. The number of ether oxygens (including phenoxy) is 2. The van der Waals surface area contributed by atoms with Crippen LogP contribution in [-0.4, -0.2) is 28.8 Å². The van der Waals surface area contributed by atoms with Crippen molar-refractivity contribution in [1.82, 2.24) is 14.5 Å². The third kappa shape index (κ3) is 3.15. The molecule has 134 valence electrons. The molecule has 0 N–H and O–H groups in total. The topological polar surface area (TPSA) is 49.2 Å². The van der Waals surface area contributed by atoms with Gasteiger partial charge in [0.15, 0.2) is 0 Å². The number of methoxy groups -OCH3 is 2. The molecule has 0 radical (unpaired) electrons. The van der Waals surface area contributed by atoms with Crippen molar-refractivity contribution in [2.45, 2.75) is 0 Å². The summed E-state index contributed by atoms with van der Waals surface area (Å²) in [6, 6.07) is 17.9. The monoisotopic (exact) mass is 357 g/mol. The van der Waals surface area contributed by atoms with Crippen molar-refractivity contribution in [3.63, 3.8) is 0 Å². The van der Waals surface area contributed by atoms with Crippen LogP contribution >= 0.6 is 0 Å². The Labute approximate surface area is 157 Å². The molecule has 2 aromatic heterocycles. The van der Waals surface area contributed by atoms with Gasteiger partial charge in [-0.3, -0.25) is 9.55 Å². The van der Waals surface area contributed by atoms with Gasteiger partial charge in [0.2, 0.25) is 0 Å². The molecule has 5 nitrogen and oxygen atoms in total. The highest BCUT2D eigenvalue weighted by atomic mass is 16.5. The molecule has 0 saturated heterocycles. The Morgan fingerprint density at radius 3 is 2.56 bits per heavy atom. The molecule has 5 heteroatoms. The van der Waals surface area contributed by atoms with E-state index in [0.29, 0.717) is 0 Å². The maximum atomic E-state index is 5.56. The van der Waals surface area contributed by atoms with Gasteiger partial charge in [-0.25, -0.2) is 4.98 Å². The van der Waals surface area contributed by atoms with Crippen molar-refractivity contribution in [3.05, 3.63) is 79.5 Å². The molecule has 0 aliphatic rings. The van der Waals surface area contributed by atoms with E-state index < -0.39 is 0 Å². The zero-order valence-electron chi connectivity index (χ0n) is 15.2. The predicted octanol–water partition coefficient (Wildman–Crippen LogP) is 4.62. The molecule has 0 atom stereocenters. The number of hydrogen-bond acceptors (Lipinski definition) is 4. The van der Waals surface area contributed by atoms with Gasteiger partial charge >= 0.3 is 0 Å². The van der Waals surface area contributed by atoms with Gasteiger partial charge in [-0.05, 0) is 24.3 Å². The van der Waals surface area contributed by atoms with Gasteiger partial charge in [-0.1, -0.05) is 30.3 Å². The Kier molecular flexibility index (Phi) is 4.58. The van der Waals surface area contributed by atoms with Crippen molar-refractivity contribution < 1.29 is 9.47 Å². The van der Waals surface area contributed by atoms with E-state index >= 15 is 0 Å².